The van der Waals surface area contributed by atoms with E-state index in [1.807, 2.05) is 0 Å². The normalized spacial score (nSPS) is 11.3. The number of rotatable bonds is 7. The molecule has 21 heavy (non-hydrogen) atoms. The van der Waals surface area contributed by atoms with Gasteiger partial charge in [0.25, 0.3) is 5.91 Å². The van der Waals surface area contributed by atoms with Gasteiger partial charge < -0.3 is 20.3 Å². The van der Waals surface area contributed by atoms with Gasteiger partial charge in [-0.25, -0.2) is 0 Å². The van der Waals surface area contributed by atoms with E-state index in [2.05, 4.69) is 5.32 Å². The molecule has 5 nitrogen and oxygen atoms in total. The summed E-state index contributed by atoms with van der Waals surface area (Å²) in [5.41, 5.74) is -1.07. The minimum Gasteiger partial charge on any atom is -0.482 e. The van der Waals surface area contributed by atoms with Crippen LogP contribution in [0.5, 0.6) is 5.75 Å². The van der Waals surface area contributed by atoms with Gasteiger partial charge in [0, 0.05) is 6.07 Å². The number of hydrogen-bond acceptors (Lipinski definition) is 4. The summed E-state index contributed by atoms with van der Waals surface area (Å²) in [6.45, 7) is 0.654. The molecule has 118 valence electrons. The van der Waals surface area contributed by atoms with Gasteiger partial charge in [0.2, 0.25) is 0 Å². The van der Waals surface area contributed by atoms with Crippen molar-refractivity contribution < 1.29 is 19.7 Å². The van der Waals surface area contributed by atoms with Crippen LogP contribution in [0.2, 0.25) is 15.1 Å². The zero-order valence-electron chi connectivity index (χ0n) is 11.3. The molecule has 8 heteroatoms. The highest BCUT2D eigenvalue weighted by Crippen LogP contribution is 2.33. The van der Waals surface area contributed by atoms with Crippen molar-refractivity contribution in [3.05, 3.63) is 27.2 Å². The molecule has 1 aromatic rings. The second kappa shape index (κ2) is 8.06. The topological polar surface area (TPSA) is 78.8 Å². The first-order valence-corrected chi connectivity index (χ1v) is 7.31. The first-order valence-electron chi connectivity index (χ1n) is 6.17. The fourth-order valence-electron chi connectivity index (χ4n) is 1.53. The molecule has 0 atom stereocenters. The third-order valence-corrected chi connectivity index (χ3v) is 4.04. The highest BCUT2D eigenvalue weighted by Gasteiger charge is 2.28. The molecular weight excluding hydrogens is 341 g/mol. The second-order valence-electron chi connectivity index (χ2n) is 4.48. The Balaban J connectivity index is 2.67. The Bertz CT molecular complexity index is 498. The number of nitrogens with one attached hydrogen (secondary N) is 1. The molecule has 0 spiro atoms. The van der Waals surface area contributed by atoms with Crippen LogP contribution in [0.1, 0.15) is 13.3 Å². The van der Waals surface area contributed by atoms with Gasteiger partial charge >= 0.3 is 0 Å². The number of benzene rings is 1. The standard InChI is InChI=1S/C13H16Cl3NO4/c1-2-13(6-18,7-19)17-12(20)5-21-11-4-9(15)8(14)3-10(11)16/h3-4,18-19H,2,5-7H2,1H3,(H,17,20). The van der Waals surface area contributed by atoms with Crippen molar-refractivity contribution >= 4 is 40.7 Å². The predicted molar refractivity (Wildman–Crippen MR) is 82.3 cm³/mol. The van der Waals surface area contributed by atoms with Crippen LogP contribution in [0.3, 0.4) is 0 Å². The van der Waals surface area contributed by atoms with Crippen molar-refractivity contribution in [2.75, 3.05) is 19.8 Å². The van der Waals surface area contributed by atoms with Gasteiger partial charge in [-0.1, -0.05) is 41.7 Å². The number of carbonyl (C=O) groups excluding carboxylic acids is 1. The average Bonchev–Trinajstić information content (AvgIpc) is 2.47. The Labute approximate surface area is 137 Å². The summed E-state index contributed by atoms with van der Waals surface area (Å²) >= 11 is 17.5. The van der Waals surface area contributed by atoms with E-state index in [-0.39, 0.29) is 40.6 Å². The second-order valence-corrected chi connectivity index (χ2v) is 5.71. The molecule has 0 aliphatic carbocycles. The Morgan fingerprint density at radius 2 is 1.76 bits per heavy atom. The van der Waals surface area contributed by atoms with E-state index in [1.165, 1.54) is 12.1 Å². The van der Waals surface area contributed by atoms with Crippen LogP contribution in [-0.4, -0.2) is 41.5 Å². The van der Waals surface area contributed by atoms with Crippen LogP contribution in [0, 0.1) is 0 Å². The van der Waals surface area contributed by atoms with Crippen LogP contribution < -0.4 is 10.1 Å². The first kappa shape index (κ1) is 18.3. The van der Waals surface area contributed by atoms with Gasteiger partial charge in [0.15, 0.2) is 6.61 Å². The van der Waals surface area contributed by atoms with Gasteiger partial charge in [0.1, 0.15) is 5.75 Å². The number of ether oxygens (including phenoxy) is 1. The largest absolute Gasteiger partial charge is 0.482 e. The summed E-state index contributed by atoms with van der Waals surface area (Å²) < 4.78 is 5.26. The van der Waals surface area contributed by atoms with E-state index in [0.717, 1.165) is 0 Å². The van der Waals surface area contributed by atoms with Crippen molar-refractivity contribution in [1.82, 2.24) is 5.32 Å². The summed E-state index contributed by atoms with van der Waals surface area (Å²) in [5, 5.41) is 21.8. The van der Waals surface area contributed by atoms with E-state index in [1.54, 1.807) is 6.92 Å². The molecule has 0 aliphatic heterocycles. The SMILES string of the molecule is CCC(CO)(CO)NC(=O)COc1cc(Cl)c(Cl)cc1Cl. The van der Waals surface area contributed by atoms with Gasteiger partial charge in [-0.2, -0.15) is 0 Å². The molecule has 1 aromatic carbocycles. The molecular formula is C13H16Cl3NO4. The monoisotopic (exact) mass is 355 g/mol. The number of hydrogen-bond donors (Lipinski definition) is 3. The molecule has 1 amide bonds. The van der Waals surface area contributed by atoms with E-state index in [4.69, 9.17) is 39.5 Å². The van der Waals surface area contributed by atoms with Crippen LogP contribution in [0.4, 0.5) is 0 Å². The lowest BCUT2D eigenvalue weighted by Gasteiger charge is -2.29. The third-order valence-electron chi connectivity index (χ3n) is 3.02. The minimum atomic E-state index is -1.07. The molecule has 0 fully saturated rings. The predicted octanol–water partition coefficient (Wildman–Crippen LogP) is 2.28. The maximum absolute atomic E-state index is 11.8. The molecule has 0 heterocycles. The lowest BCUT2D eigenvalue weighted by atomic mass is 9.98. The van der Waals surface area contributed by atoms with Crippen molar-refractivity contribution in [3.8, 4) is 5.75 Å². The fourth-order valence-corrected chi connectivity index (χ4v) is 2.12. The molecule has 0 aromatic heterocycles. The molecule has 0 bridgehead atoms. The number of amides is 1. The first-order chi connectivity index (χ1) is 9.87. The third kappa shape index (κ3) is 4.90. The molecule has 0 unspecified atom stereocenters. The molecule has 0 radical (unpaired) electrons. The number of aliphatic hydroxyl groups is 2. The molecule has 0 saturated heterocycles. The van der Waals surface area contributed by atoms with Crippen LogP contribution in [0.25, 0.3) is 0 Å². The van der Waals surface area contributed by atoms with Gasteiger partial charge in [-0.05, 0) is 12.5 Å². The molecule has 3 N–H and O–H groups in total. The Morgan fingerprint density at radius 3 is 2.29 bits per heavy atom. The average molecular weight is 357 g/mol. The van der Waals surface area contributed by atoms with Crippen molar-refractivity contribution in [3.63, 3.8) is 0 Å². The summed E-state index contributed by atoms with van der Waals surface area (Å²) in [5.74, 6) is -0.279. The minimum absolute atomic E-state index is 0.219. The summed E-state index contributed by atoms with van der Waals surface area (Å²) in [6.07, 6.45) is 0.374. The summed E-state index contributed by atoms with van der Waals surface area (Å²) in [6, 6.07) is 2.82. The van der Waals surface area contributed by atoms with E-state index < -0.39 is 11.4 Å². The Hall–Kier alpha value is -0.720. The summed E-state index contributed by atoms with van der Waals surface area (Å²) in [7, 11) is 0. The highest BCUT2D eigenvalue weighted by atomic mass is 35.5. The number of carbonyl (C=O) groups is 1. The quantitative estimate of drug-likeness (QED) is 0.655. The van der Waals surface area contributed by atoms with Gasteiger partial charge in [-0.15, -0.1) is 0 Å². The molecule has 0 aliphatic rings. The van der Waals surface area contributed by atoms with Crippen LogP contribution >= 0.6 is 34.8 Å². The van der Waals surface area contributed by atoms with Gasteiger partial charge in [-0.3, -0.25) is 4.79 Å². The smallest absolute Gasteiger partial charge is 0.258 e. The van der Waals surface area contributed by atoms with Crippen LogP contribution in [0.15, 0.2) is 12.1 Å². The van der Waals surface area contributed by atoms with E-state index >= 15 is 0 Å². The maximum Gasteiger partial charge on any atom is 0.258 e. The van der Waals surface area contributed by atoms with Crippen molar-refractivity contribution in [2.45, 2.75) is 18.9 Å². The van der Waals surface area contributed by atoms with E-state index in [0.29, 0.717) is 6.42 Å². The molecule has 1 rings (SSSR count). The number of halogens is 3. The lowest BCUT2D eigenvalue weighted by Crippen LogP contribution is -2.55. The van der Waals surface area contributed by atoms with E-state index in [9.17, 15) is 15.0 Å². The maximum atomic E-state index is 11.8. The highest BCUT2D eigenvalue weighted by molar-refractivity contribution is 6.43. The van der Waals surface area contributed by atoms with Crippen molar-refractivity contribution in [2.24, 2.45) is 0 Å². The van der Waals surface area contributed by atoms with Gasteiger partial charge in [0.05, 0.1) is 33.8 Å². The fraction of sp³-hybridized carbons (Fsp3) is 0.462. The Morgan fingerprint density at radius 1 is 1.19 bits per heavy atom. The molecule has 0 saturated carbocycles. The Kier molecular flexibility index (Phi) is 7.03. The summed E-state index contributed by atoms with van der Waals surface area (Å²) in [4.78, 5) is 11.8. The number of aliphatic hydroxyl groups excluding tert-OH is 2. The lowest BCUT2D eigenvalue weighted by molar-refractivity contribution is -0.126. The zero-order valence-corrected chi connectivity index (χ0v) is 13.6. The van der Waals surface area contributed by atoms with Crippen molar-refractivity contribution in [1.29, 1.82) is 0 Å². The zero-order chi connectivity index (χ0) is 16.0. The van der Waals surface area contributed by atoms with Crippen LogP contribution in [-0.2, 0) is 4.79 Å².